The van der Waals surface area contributed by atoms with Crippen molar-refractivity contribution in [1.82, 2.24) is 15.3 Å². The Morgan fingerprint density at radius 2 is 1.85 bits per heavy atom. The molecule has 10 nitrogen and oxygen atoms in total. The van der Waals surface area contributed by atoms with Crippen molar-refractivity contribution in [3.8, 4) is 5.69 Å². The molecule has 2 aliphatic carbocycles. The molecule has 1 saturated carbocycles. The summed E-state index contributed by atoms with van der Waals surface area (Å²) in [5.41, 5.74) is 11.5. The number of carbonyl (C=O) groups is 3. The highest BCUT2D eigenvalue weighted by Gasteiger charge is 2.36. The summed E-state index contributed by atoms with van der Waals surface area (Å²) in [6.45, 7) is 6.79. The maximum absolute atomic E-state index is 12.9. The number of primary amides is 1. The van der Waals surface area contributed by atoms with E-state index in [4.69, 9.17) is 20.8 Å². The normalized spacial score (nSPS) is 20.1. The second kappa shape index (κ2) is 13.0. The number of Topliss-reactive ketones (excluding diaryl/α,β-unsaturated/α-hetero) is 1. The van der Waals surface area contributed by atoms with Crippen LogP contribution in [0.25, 0.3) is 5.69 Å². The van der Waals surface area contributed by atoms with Crippen LogP contribution >= 0.6 is 0 Å². The topological polar surface area (TPSA) is 149 Å². The molecule has 5 N–H and O–H groups in total. The third kappa shape index (κ3) is 7.28. The van der Waals surface area contributed by atoms with Gasteiger partial charge in [-0.1, -0.05) is 26.7 Å². The van der Waals surface area contributed by atoms with E-state index in [0.29, 0.717) is 30.7 Å². The second-order valence-electron chi connectivity index (χ2n) is 12.0. The molecular weight excluding hydrogens is 510 g/mol. The Kier molecular flexibility index (Phi) is 9.63. The van der Waals surface area contributed by atoms with Crippen LogP contribution in [-0.4, -0.2) is 51.3 Å². The number of rotatable bonds is 12. The number of carbonyl (C=O) groups excluding carboxylic acids is 3. The van der Waals surface area contributed by atoms with Crippen LogP contribution in [-0.2, 0) is 16.0 Å². The number of aromatic nitrogens is 2. The van der Waals surface area contributed by atoms with Crippen molar-refractivity contribution in [3.63, 3.8) is 0 Å². The van der Waals surface area contributed by atoms with Crippen molar-refractivity contribution in [2.45, 2.75) is 104 Å². The van der Waals surface area contributed by atoms with Crippen LogP contribution in [0.15, 0.2) is 18.2 Å². The molecule has 0 spiro atoms. The molecule has 2 aromatic rings. The third-order valence-corrected chi connectivity index (χ3v) is 8.04. The zero-order valence-corrected chi connectivity index (χ0v) is 23.9. The number of unbranched alkanes of at least 4 members (excludes halogenated alkanes) is 3. The number of benzene rings is 1. The van der Waals surface area contributed by atoms with Gasteiger partial charge in [-0.05, 0) is 75.5 Å². The molecule has 2 aliphatic rings. The van der Waals surface area contributed by atoms with E-state index in [0.717, 1.165) is 80.4 Å². The van der Waals surface area contributed by atoms with Crippen LogP contribution in [0.3, 0.4) is 0 Å². The Labute approximate surface area is 236 Å². The quantitative estimate of drug-likeness (QED) is 0.170. The van der Waals surface area contributed by atoms with Crippen molar-refractivity contribution in [1.29, 1.82) is 0 Å². The molecule has 0 aliphatic heterocycles. The monoisotopic (exact) mass is 553 g/mol. The summed E-state index contributed by atoms with van der Waals surface area (Å²) >= 11 is 0. The van der Waals surface area contributed by atoms with Crippen LogP contribution in [0.2, 0.25) is 0 Å². The van der Waals surface area contributed by atoms with Crippen molar-refractivity contribution >= 4 is 23.3 Å². The summed E-state index contributed by atoms with van der Waals surface area (Å²) < 4.78 is 7.94. The molecule has 1 fully saturated rings. The average molecular weight is 554 g/mol. The Bertz CT molecular complexity index is 1230. The number of aryl methyl sites for hydroxylation is 1. The molecule has 40 heavy (non-hydrogen) atoms. The Morgan fingerprint density at radius 3 is 2.55 bits per heavy atom. The zero-order valence-electron chi connectivity index (χ0n) is 23.9. The molecule has 0 radical (unpaired) electrons. The van der Waals surface area contributed by atoms with Crippen LogP contribution in [0.1, 0.15) is 110 Å². The number of nitrogens with two attached hydrogens (primary N) is 1. The standard InChI is InChI=1S/C30H43N5O5/c1-19-28-25(17-30(2,3)18-26(28)36)35(33-19)21-11-14-23(29(31)38)24(16-21)32-20-9-12-22(13-10-20)40-15-7-5-4-6-8-27(37)34-39/h11,14,16,20,22,32,39H,4-10,12-13,15,17-18H2,1-3H3,(H2,31,38)(H,34,37). The molecule has 218 valence electrons. The van der Waals surface area contributed by atoms with Crippen molar-refractivity contribution in [3.05, 3.63) is 40.7 Å². The molecule has 1 aromatic carbocycles. The molecule has 4 rings (SSSR count). The van der Waals surface area contributed by atoms with Crippen LogP contribution in [0, 0.1) is 12.3 Å². The number of hydrogen-bond acceptors (Lipinski definition) is 7. The minimum atomic E-state index is -0.488. The zero-order chi connectivity index (χ0) is 28.9. The van der Waals surface area contributed by atoms with Crippen LogP contribution < -0.4 is 16.5 Å². The number of anilines is 1. The highest BCUT2D eigenvalue weighted by molar-refractivity contribution is 6.00. The molecule has 1 aromatic heterocycles. The van der Waals surface area contributed by atoms with Gasteiger partial charge < -0.3 is 15.8 Å². The first-order valence-corrected chi connectivity index (χ1v) is 14.4. The van der Waals surface area contributed by atoms with Gasteiger partial charge in [0, 0.05) is 31.2 Å². The smallest absolute Gasteiger partial charge is 0.250 e. The van der Waals surface area contributed by atoms with E-state index in [9.17, 15) is 14.4 Å². The molecule has 0 bridgehead atoms. The Hall–Kier alpha value is -3.24. The summed E-state index contributed by atoms with van der Waals surface area (Å²) in [5.74, 6) is -0.696. The van der Waals surface area contributed by atoms with E-state index in [-0.39, 0.29) is 29.3 Å². The van der Waals surface area contributed by atoms with Crippen molar-refractivity contribution in [2.75, 3.05) is 11.9 Å². The van der Waals surface area contributed by atoms with Gasteiger partial charge in [-0.15, -0.1) is 0 Å². The minimum Gasteiger partial charge on any atom is -0.382 e. The Morgan fingerprint density at radius 1 is 1.12 bits per heavy atom. The van der Waals surface area contributed by atoms with Gasteiger partial charge in [0.25, 0.3) is 5.91 Å². The Balaban J connectivity index is 1.35. The highest BCUT2D eigenvalue weighted by Crippen LogP contribution is 2.37. The summed E-state index contributed by atoms with van der Waals surface area (Å²) in [5, 5.41) is 16.8. The van der Waals surface area contributed by atoms with Gasteiger partial charge in [-0.2, -0.15) is 5.10 Å². The first-order chi connectivity index (χ1) is 19.1. The fourth-order valence-electron chi connectivity index (χ4n) is 5.99. The fraction of sp³-hybridized carbons (Fsp3) is 0.600. The van der Waals surface area contributed by atoms with Gasteiger partial charge in [-0.25, -0.2) is 10.2 Å². The van der Waals surface area contributed by atoms with Crippen LogP contribution in [0.4, 0.5) is 5.69 Å². The predicted octanol–water partition coefficient (Wildman–Crippen LogP) is 4.63. The number of nitrogens with one attached hydrogen (secondary N) is 2. The predicted molar refractivity (Wildman–Crippen MR) is 152 cm³/mol. The van der Waals surface area contributed by atoms with E-state index in [2.05, 4.69) is 19.2 Å². The van der Waals surface area contributed by atoms with Gasteiger partial charge in [0.1, 0.15) is 0 Å². The second-order valence-corrected chi connectivity index (χ2v) is 12.0. The summed E-state index contributed by atoms with van der Waals surface area (Å²) in [6, 6.07) is 5.70. The molecule has 0 unspecified atom stereocenters. The average Bonchev–Trinajstić information content (AvgIpc) is 3.23. The molecule has 1 heterocycles. The van der Waals surface area contributed by atoms with Crippen molar-refractivity contribution < 1.29 is 24.3 Å². The van der Waals surface area contributed by atoms with Gasteiger partial charge in [0.15, 0.2) is 5.78 Å². The van der Waals surface area contributed by atoms with Crippen molar-refractivity contribution in [2.24, 2.45) is 11.1 Å². The summed E-state index contributed by atoms with van der Waals surface area (Å²) in [6.07, 6.45) is 9.17. The maximum atomic E-state index is 12.9. The van der Waals surface area contributed by atoms with E-state index >= 15 is 0 Å². The maximum Gasteiger partial charge on any atom is 0.250 e. The molecule has 10 heteroatoms. The number of ketones is 1. The van der Waals surface area contributed by atoms with Gasteiger partial charge in [-0.3, -0.25) is 19.6 Å². The van der Waals surface area contributed by atoms with Gasteiger partial charge in [0.2, 0.25) is 5.91 Å². The first-order valence-electron chi connectivity index (χ1n) is 14.4. The van der Waals surface area contributed by atoms with Gasteiger partial charge >= 0.3 is 0 Å². The highest BCUT2D eigenvalue weighted by atomic mass is 16.5. The lowest BCUT2D eigenvalue weighted by Crippen LogP contribution is -2.31. The molecule has 2 amide bonds. The number of fused-ring (bicyclic) bond motifs is 1. The van der Waals surface area contributed by atoms with Crippen LogP contribution in [0.5, 0.6) is 0 Å². The number of nitrogens with zero attached hydrogens (tertiary/aromatic N) is 2. The number of hydrogen-bond donors (Lipinski definition) is 4. The molecule has 0 saturated heterocycles. The van der Waals surface area contributed by atoms with E-state index < -0.39 is 5.91 Å². The van der Waals surface area contributed by atoms with Gasteiger partial charge in [0.05, 0.1) is 34.3 Å². The van der Waals surface area contributed by atoms with E-state index in [1.165, 1.54) is 0 Å². The molecular formula is C30H43N5O5. The van der Waals surface area contributed by atoms with E-state index in [1.54, 1.807) is 11.5 Å². The summed E-state index contributed by atoms with van der Waals surface area (Å²) in [7, 11) is 0. The number of ether oxygens (including phenoxy) is 1. The minimum absolute atomic E-state index is 0.133. The lowest BCUT2D eigenvalue weighted by Gasteiger charge is -2.31. The lowest BCUT2D eigenvalue weighted by atomic mass is 9.75. The lowest BCUT2D eigenvalue weighted by molar-refractivity contribution is -0.129. The summed E-state index contributed by atoms with van der Waals surface area (Å²) in [4.78, 5) is 36.2. The fourth-order valence-corrected chi connectivity index (χ4v) is 5.99. The first kappa shape index (κ1) is 29.7. The largest absolute Gasteiger partial charge is 0.382 e. The third-order valence-electron chi connectivity index (χ3n) is 8.04. The van der Waals surface area contributed by atoms with E-state index in [1.807, 2.05) is 23.7 Å². The SMILES string of the molecule is Cc1nn(-c2ccc(C(N)=O)c(NC3CCC(OCCCCCCC(=O)NO)CC3)c2)c2c1C(=O)CC(C)(C)C2. The number of hydroxylamine groups is 1. The molecule has 0 atom stereocenters. The number of amides is 2.